The van der Waals surface area contributed by atoms with E-state index in [-0.39, 0.29) is 0 Å². The minimum Gasteiger partial charge on any atom is -0.428 e. The van der Waals surface area contributed by atoms with Crippen LogP contribution in [0.3, 0.4) is 0 Å². The van der Waals surface area contributed by atoms with Crippen molar-refractivity contribution >= 4 is 6.01 Å². The molecule has 0 amide bonds. The molecular weight excluding hydrogens is 166 g/mol. The zero-order valence-electron chi connectivity index (χ0n) is 8.08. The second-order valence-corrected chi connectivity index (χ2v) is 3.75. The maximum atomic E-state index is 5.49. The van der Waals surface area contributed by atoms with Crippen LogP contribution in [0.4, 0.5) is 6.01 Å². The summed E-state index contributed by atoms with van der Waals surface area (Å²) >= 11 is 0. The lowest BCUT2D eigenvalue weighted by Crippen LogP contribution is -2.13. The molecule has 1 aromatic rings. The Hall–Kier alpha value is -1.03. The number of rotatable bonds is 1. The number of hydrogen-bond acceptors (Lipinski definition) is 4. The van der Waals surface area contributed by atoms with Gasteiger partial charge in [-0.2, -0.15) is 4.98 Å². The topological polar surface area (TPSA) is 55.3 Å². The summed E-state index contributed by atoms with van der Waals surface area (Å²) in [5.74, 6) is 1.46. The molecule has 2 N–H and O–H groups in total. The van der Waals surface area contributed by atoms with E-state index in [0.717, 1.165) is 31.0 Å². The van der Waals surface area contributed by atoms with Crippen molar-refractivity contribution in [3.05, 3.63) is 11.5 Å². The van der Waals surface area contributed by atoms with E-state index in [1.54, 1.807) is 0 Å². The molecule has 72 valence electrons. The summed E-state index contributed by atoms with van der Waals surface area (Å²) in [6, 6.07) is 0.294. The Morgan fingerprint density at radius 3 is 2.85 bits per heavy atom. The smallest absolute Gasteiger partial charge is 0.292 e. The number of aryl methyl sites for hydroxylation is 1. The molecule has 1 saturated heterocycles. The molecular formula is C9H15N3O. The SMILES string of the molecule is Cc1nc(N)oc1C1CCN(C)C1. The third-order valence-corrected chi connectivity index (χ3v) is 2.61. The number of aromatic nitrogens is 1. The van der Waals surface area contributed by atoms with Gasteiger partial charge in [0.15, 0.2) is 0 Å². The summed E-state index contributed by atoms with van der Waals surface area (Å²) in [7, 11) is 2.12. The number of nitrogen functional groups attached to an aromatic ring is 1. The molecule has 4 heteroatoms. The first kappa shape index (κ1) is 8.56. The van der Waals surface area contributed by atoms with Crippen LogP contribution >= 0.6 is 0 Å². The van der Waals surface area contributed by atoms with Gasteiger partial charge in [0, 0.05) is 12.5 Å². The molecule has 0 saturated carbocycles. The van der Waals surface area contributed by atoms with E-state index in [0.29, 0.717) is 11.9 Å². The monoisotopic (exact) mass is 181 g/mol. The highest BCUT2D eigenvalue weighted by Gasteiger charge is 2.26. The minimum atomic E-state index is 0.294. The van der Waals surface area contributed by atoms with E-state index in [1.807, 2.05) is 6.92 Å². The molecule has 0 aliphatic carbocycles. The van der Waals surface area contributed by atoms with Gasteiger partial charge in [-0.1, -0.05) is 0 Å². The Bertz CT molecular complexity index is 308. The highest BCUT2D eigenvalue weighted by atomic mass is 16.4. The van der Waals surface area contributed by atoms with Crippen molar-refractivity contribution in [3.63, 3.8) is 0 Å². The van der Waals surface area contributed by atoms with E-state index in [1.165, 1.54) is 0 Å². The van der Waals surface area contributed by atoms with Crippen molar-refractivity contribution in [2.24, 2.45) is 0 Å². The number of nitrogens with two attached hydrogens (primary N) is 1. The van der Waals surface area contributed by atoms with Crippen LogP contribution in [0.25, 0.3) is 0 Å². The van der Waals surface area contributed by atoms with Crippen molar-refractivity contribution in [2.45, 2.75) is 19.3 Å². The predicted molar refractivity (Wildman–Crippen MR) is 50.5 cm³/mol. The summed E-state index contributed by atoms with van der Waals surface area (Å²) in [4.78, 5) is 6.37. The third kappa shape index (κ3) is 1.54. The third-order valence-electron chi connectivity index (χ3n) is 2.61. The van der Waals surface area contributed by atoms with Crippen molar-refractivity contribution in [2.75, 3.05) is 25.9 Å². The van der Waals surface area contributed by atoms with Crippen LogP contribution in [-0.4, -0.2) is 30.0 Å². The summed E-state index contributed by atoms with van der Waals surface area (Å²) in [5, 5.41) is 0. The number of anilines is 1. The molecule has 1 aromatic heterocycles. The van der Waals surface area contributed by atoms with Gasteiger partial charge in [-0.05, 0) is 26.9 Å². The normalized spacial score (nSPS) is 24.0. The molecule has 1 unspecified atom stereocenters. The Balaban J connectivity index is 2.20. The molecule has 2 heterocycles. The van der Waals surface area contributed by atoms with Gasteiger partial charge in [-0.15, -0.1) is 0 Å². The van der Waals surface area contributed by atoms with Crippen molar-refractivity contribution in [3.8, 4) is 0 Å². The molecule has 0 radical (unpaired) electrons. The van der Waals surface area contributed by atoms with Gasteiger partial charge in [0.05, 0.1) is 5.69 Å². The molecule has 1 aliphatic rings. The second kappa shape index (κ2) is 3.03. The lowest BCUT2D eigenvalue weighted by atomic mass is 10.1. The van der Waals surface area contributed by atoms with Gasteiger partial charge >= 0.3 is 0 Å². The average molecular weight is 181 g/mol. The van der Waals surface area contributed by atoms with Crippen molar-refractivity contribution in [1.29, 1.82) is 0 Å². The van der Waals surface area contributed by atoms with Crippen LogP contribution in [-0.2, 0) is 0 Å². The number of nitrogens with zero attached hydrogens (tertiary/aromatic N) is 2. The van der Waals surface area contributed by atoms with Crippen LogP contribution in [0.15, 0.2) is 4.42 Å². The number of likely N-dealkylation sites (tertiary alicyclic amines) is 1. The van der Waals surface area contributed by atoms with Gasteiger partial charge in [0.2, 0.25) is 0 Å². The maximum absolute atomic E-state index is 5.49. The zero-order valence-corrected chi connectivity index (χ0v) is 8.08. The van der Waals surface area contributed by atoms with Crippen molar-refractivity contribution < 1.29 is 4.42 Å². The molecule has 1 atom stereocenters. The predicted octanol–water partition coefficient (Wildman–Crippen LogP) is 0.984. The fourth-order valence-electron chi connectivity index (χ4n) is 1.96. The van der Waals surface area contributed by atoms with Gasteiger partial charge < -0.3 is 15.1 Å². The molecule has 0 bridgehead atoms. The van der Waals surface area contributed by atoms with E-state index in [4.69, 9.17) is 10.2 Å². The summed E-state index contributed by atoms with van der Waals surface area (Å²) in [6.45, 7) is 4.13. The van der Waals surface area contributed by atoms with E-state index in [2.05, 4.69) is 16.9 Å². The largest absolute Gasteiger partial charge is 0.428 e. The van der Waals surface area contributed by atoms with Crippen LogP contribution in [0.1, 0.15) is 23.8 Å². The Morgan fingerprint density at radius 2 is 2.38 bits per heavy atom. The summed E-state index contributed by atoms with van der Waals surface area (Å²) in [6.07, 6.45) is 1.14. The van der Waals surface area contributed by atoms with Crippen LogP contribution in [0.2, 0.25) is 0 Å². The van der Waals surface area contributed by atoms with E-state index >= 15 is 0 Å². The number of oxazole rings is 1. The van der Waals surface area contributed by atoms with Gasteiger partial charge in [-0.25, -0.2) is 0 Å². The Kier molecular flexibility index (Phi) is 2.00. The van der Waals surface area contributed by atoms with Crippen molar-refractivity contribution in [1.82, 2.24) is 9.88 Å². The summed E-state index contributed by atoms with van der Waals surface area (Å²) in [5.41, 5.74) is 6.43. The fourth-order valence-corrected chi connectivity index (χ4v) is 1.96. The first-order chi connectivity index (χ1) is 6.16. The molecule has 1 aliphatic heterocycles. The first-order valence-electron chi connectivity index (χ1n) is 4.58. The lowest BCUT2D eigenvalue weighted by molar-refractivity contribution is 0.398. The standard InChI is InChI=1S/C9H15N3O/c1-6-8(13-9(10)11-6)7-3-4-12(2)5-7/h7H,3-5H2,1-2H3,(H2,10,11). The van der Waals surface area contributed by atoms with E-state index in [9.17, 15) is 0 Å². The zero-order chi connectivity index (χ0) is 9.42. The molecule has 13 heavy (non-hydrogen) atoms. The Labute approximate surface area is 77.7 Å². The number of likely N-dealkylation sites (N-methyl/N-ethyl adjacent to an activating group) is 1. The lowest BCUT2D eigenvalue weighted by Gasteiger charge is -2.07. The second-order valence-electron chi connectivity index (χ2n) is 3.75. The average Bonchev–Trinajstić information content (AvgIpc) is 2.58. The minimum absolute atomic E-state index is 0.294. The number of hydrogen-bond donors (Lipinski definition) is 1. The van der Waals surface area contributed by atoms with Crippen LogP contribution < -0.4 is 5.73 Å². The highest BCUT2D eigenvalue weighted by Crippen LogP contribution is 2.29. The first-order valence-corrected chi connectivity index (χ1v) is 4.58. The Morgan fingerprint density at radius 1 is 1.62 bits per heavy atom. The molecule has 2 rings (SSSR count). The van der Waals surface area contributed by atoms with Gasteiger partial charge in [0.1, 0.15) is 5.76 Å². The van der Waals surface area contributed by atoms with Gasteiger partial charge in [0.25, 0.3) is 6.01 Å². The quantitative estimate of drug-likeness (QED) is 0.701. The highest BCUT2D eigenvalue weighted by molar-refractivity contribution is 5.22. The maximum Gasteiger partial charge on any atom is 0.292 e. The van der Waals surface area contributed by atoms with Gasteiger partial charge in [-0.3, -0.25) is 0 Å². The molecule has 0 aromatic carbocycles. The van der Waals surface area contributed by atoms with Crippen LogP contribution in [0, 0.1) is 6.92 Å². The fraction of sp³-hybridized carbons (Fsp3) is 0.667. The summed E-state index contributed by atoms with van der Waals surface area (Å²) < 4.78 is 5.39. The molecule has 4 nitrogen and oxygen atoms in total. The molecule has 1 fully saturated rings. The molecule has 0 spiro atoms. The van der Waals surface area contributed by atoms with E-state index < -0.39 is 0 Å². The van der Waals surface area contributed by atoms with Crippen LogP contribution in [0.5, 0.6) is 0 Å².